The highest BCUT2D eigenvalue weighted by molar-refractivity contribution is 7.25. The first-order valence-corrected chi connectivity index (χ1v) is 22.3. The number of para-hydroxylation sites is 1. The second kappa shape index (κ2) is 14.3. The number of hydrogen-bond donors (Lipinski definition) is 0. The summed E-state index contributed by atoms with van der Waals surface area (Å²) in [5.41, 5.74) is 12.3. The van der Waals surface area contributed by atoms with Crippen molar-refractivity contribution in [2.45, 2.75) is 0 Å². The Hall–Kier alpha value is -7.98. The van der Waals surface area contributed by atoms with E-state index >= 15 is 0 Å². The van der Waals surface area contributed by atoms with Crippen molar-refractivity contribution in [1.29, 1.82) is 0 Å². The predicted molar refractivity (Wildman–Crippen MR) is 270 cm³/mol. The molecule has 13 rings (SSSR count). The molecule has 0 saturated heterocycles. The number of hydrogen-bond acceptors (Lipinski definition) is 3. The van der Waals surface area contributed by atoms with Gasteiger partial charge in [0.1, 0.15) is 11.2 Å². The zero-order valence-corrected chi connectivity index (χ0v) is 34.9. The predicted octanol–water partition coefficient (Wildman–Crippen LogP) is 17.9. The Kier molecular flexibility index (Phi) is 8.12. The van der Waals surface area contributed by atoms with Crippen LogP contribution in [-0.4, -0.2) is 0 Å². The smallest absolute Gasteiger partial charge is 0.136 e. The third-order valence-electron chi connectivity index (χ3n) is 12.9. The van der Waals surface area contributed by atoms with Crippen LogP contribution in [0.4, 0.5) is 17.1 Å². The van der Waals surface area contributed by atoms with E-state index in [1.807, 2.05) is 23.5 Å². The largest absolute Gasteiger partial charge is 0.456 e. The Morgan fingerprint density at radius 1 is 0.317 bits per heavy atom. The monoisotopic (exact) mass is 819 g/mol. The van der Waals surface area contributed by atoms with Crippen molar-refractivity contribution < 1.29 is 4.42 Å². The minimum absolute atomic E-state index is 0.900. The number of rotatable bonds is 6. The summed E-state index contributed by atoms with van der Waals surface area (Å²) in [6.45, 7) is 0. The normalized spacial score (nSPS) is 11.8. The molecule has 0 fully saturated rings. The standard InChI is InChI=1S/C60H37NOS/c1-4-14-47-39(11-1)25-32-48(43-27-34-54-53-18-8-10-20-58(53)63-59(54)37-43)60(47)40-23-30-45(31-24-40)61(55-35-42-12-2-3-13-46(42)49-15-5-6-16-50(49)55)44-28-21-38(22-29-44)41-26-33-52-51-17-7-9-19-56(51)62-57(52)36-41/h1-37H. The fourth-order valence-electron chi connectivity index (χ4n) is 9.85. The van der Waals surface area contributed by atoms with Gasteiger partial charge in [0.2, 0.25) is 0 Å². The first-order valence-electron chi connectivity index (χ1n) is 21.5. The zero-order valence-electron chi connectivity index (χ0n) is 34.1. The van der Waals surface area contributed by atoms with Gasteiger partial charge in [-0.05, 0) is 121 Å². The van der Waals surface area contributed by atoms with E-state index in [1.165, 1.54) is 74.7 Å². The van der Waals surface area contributed by atoms with Crippen molar-refractivity contribution in [3.8, 4) is 33.4 Å². The zero-order chi connectivity index (χ0) is 41.4. The molecule has 0 aliphatic rings. The molecule has 0 spiro atoms. The highest BCUT2D eigenvalue weighted by atomic mass is 32.1. The highest BCUT2D eigenvalue weighted by Gasteiger charge is 2.20. The quantitative estimate of drug-likeness (QED) is 0.155. The molecule has 13 aromatic rings. The minimum Gasteiger partial charge on any atom is -0.456 e. The Labute approximate surface area is 368 Å². The summed E-state index contributed by atoms with van der Waals surface area (Å²) in [5, 5.41) is 12.3. The second-order valence-electron chi connectivity index (χ2n) is 16.4. The molecule has 2 heterocycles. The van der Waals surface area contributed by atoms with Crippen molar-refractivity contribution >= 4 is 103 Å². The van der Waals surface area contributed by atoms with E-state index in [9.17, 15) is 0 Å². The molecule has 294 valence electrons. The van der Waals surface area contributed by atoms with Crippen LogP contribution in [0.3, 0.4) is 0 Å². The van der Waals surface area contributed by atoms with Gasteiger partial charge in [-0.25, -0.2) is 0 Å². The number of nitrogens with zero attached hydrogens (tertiary/aromatic N) is 1. The lowest BCUT2D eigenvalue weighted by molar-refractivity contribution is 0.669. The van der Waals surface area contributed by atoms with Gasteiger partial charge in [-0.1, -0.05) is 164 Å². The number of furan rings is 1. The summed E-state index contributed by atoms with van der Waals surface area (Å²) in [6, 6.07) is 81.9. The van der Waals surface area contributed by atoms with Crippen LogP contribution in [0.1, 0.15) is 0 Å². The average Bonchev–Trinajstić information content (AvgIpc) is 3.92. The Morgan fingerprint density at radius 2 is 0.889 bits per heavy atom. The van der Waals surface area contributed by atoms with E-state index in [-0.39, 0.29) is 0 Å². The third kappa shape index (κ3) is 5.85. The van der Waals surface area contributed by atoms with Gasteiger partial charge >= 0.3 is 0 Å². The topological polar surface area (TPSA) is 16.4 Å². The molecular weight excluding hydrogens is 783 g/mol. The maximum atomic E-state index is 6.29. The molecule has 0 saturated carbocycles. The van der Waals surface area contributed by atoms with Crippen LogP contribution in [0.15, 0.2) is 229 Å². The molecule has 0 unspecified atom stereocenters. The summed E-state index contributed by atoms with van der Waals surface area (Å²) in [5.74, 6) is 0. The lowest BCUT2D eigenvalue weighted by Gasteiger charge is -2.28. The van der Waals surface area contributed by atoms with Crippen LogP contribution in [0.5, 0.6) is 0 Å². The van der Waals surface area contributed by atoms with E-state index in [0.717, 1.165) is 50.1 Å². The number of fused-ring (bicyclic) bond motifs is 10. The molecule has 0 aliphatic heterocycles. The molecular formula is C60H37NOS. The van der Waals surface area contributed by atoms with Gasteiger partial charge in [0.05, 0.1) is 5.69 Å². The third-order valence-corrected chi connectivity index (χ3v) is 14.0. The van der Waals surface area contributed by atoms with E-state index in [2.05, 4.69) is 217 Å². The van der Waals surface area contributed by atoms with Crippen LogP contribution in [0.25, 0.3) is 108 Å². The van der Waals surface area contributed by atoms with Crippen molar-refractivity contribution in [2.24, 2.45) is 0 Å². The molecule has 11 aromatic carbocycles. The first-order chi connectivity index (χ1) is 31.2. The van der Waals surface area contributed by atoms with E-state index in [0.29, 0.717) is 0 Å². The van der Waals surface area contributed by atoms with E-state index in [1.54, 1.807) is 0 Å². The van der Waals surface area contributed by atoms with Gasteiger partial charge in [-0.3, -0.25) is 0 Å². The van der Waals surface area contributed by atoms with Gasteiger partial charge in [0.25, 0.3) is 0 Å². The number of thiophene rings is 1. The van der Waals surface area contributed by atoms with E-state index < -0.39 is 0 Å². The SMILES string of the molecule is c1ccc2c(-c3ccc(N(c4ccc(-c5ccc6c(c5)oc5ccccc56)cc4)c4cc5ccccc5c5ccccc45)cc3)c(-c3ccc4c(c3)sc3ccccc34)ccc2c1. The minimum atomic E-state index is 0.900. The molecule has 0 atom stereocenters. The van der Waals surface area contributed by atoms with Crippen molar-refractivity contribution in [1.82, 2.24) is 0 Å². The molecule has 0 aliphatic carbocycles. The molecule has 2 nitrogen and oxygen atoms in total. The second-order valence-corrected chi connectivity index (χ2v) is 17.5. The molecule has 2 aromatic heterocycles. The Balaban J connectivity index is 0.959. The number of anilines is 3. The van der Waals surface area contributed by atoms with Gasteiger partial charge in [0.15, 0.2) is 0 Å². The average molecular weight is 820 g/mol. The van der Waals surface area contributed by atoms with Gasteiger partial charge in [-0.2, -0.15) is 0 Å². The summed E-state index contributed by atoms with van der Waals surface area (Å²) in [6.07, 6.45) is 0. The van der Waals surface area contributed by atoms with Crippen LogP contribution in [0, 0.1) is 0 Å². The Morgan fingerprint density at radius 3 is 1.70 bits per heavy atom. The van der Waals surface area contributed by atoms with Gasteiger partial charge in [-0.15, -0.1) is 11.3 Å². The molecule has 63 heavy (non-hydrogen) atoms. The lowest BCUT2D eigenvalue weighted by atomic mass is 9.89. The van der Waals surface area contributed by atoms with Crippen molar-refractivity contribution in [3.63, 3.8) is 0 Å². The summed E-state index contributed by atoms with van der Waals surface area (Å²) < 4.78 is 8.92. The fraction of sp³-hybridized carbons (Fsp3) is 0. The fourth-order valence-corrected chi connectivity index (χ4v) is 11.0. The first kappa shape index (κ1) is 35.7. The molecule has 3 heteroatoms. The van der Waals surface area contributed by atoms with Crippen LogP contribution in [0.2, 0.25) is 0 Å². The number of benzene rings is 11. The highest BCUT2D eigenvalue weighted by Crippen LogP contribution is 2.46. The lowest BCUT2D eigenvalue weighted by Crippen LogP contribution is -2.10. The van der Waals surface area contributed by atoms with Gasteiger partial charge in [0, 0.05) is 47.7 Å². The molecule has 0 N–H and O–H groups in total. The summed E-state index contributed by atoms with van der Waals surface area (Å²) >= 11 is 1.87. The molecule has 0 amide bonds. The molecule has 0 radical (unpaired) electrons. The van der Waals surface area contributed by atoms with Crippen molar-refractivity contribution in [2.75, 3.05) is 4.90 Å². The van der Waals surface area contributed by atoms with E-state index in [4.69, 9.17) is 4.42 Å². The maximum Gasteiger partial charge on any atom is 0.136 e. The Bertz CT molecular complexity index is 3910. The van der Waals surface area contributed by atoms with Crippen LogP contribution >= 0.6 is 11.3 Å². The van der Waals surface area contributed by atoms with Crippen molar-refractivity contribution in [3.05, 3.63) is 224 Å². The summed E-state index contributed by atoms with van der Waals surface area (Å²) in [4.78, 5) is 2.42. The maximum absolute atomic E-state index is 6.29. The molecule has 0 bridgehead atoms. The summed E-state index contributed by atoms with van der Waals surface area (Å²) in [7, 11) is 0. The van der Waals surface area contributed by atoms with Crippen LogP contribution in [-0.2, 0) is 0 Å². The van der Waals surface area contributed by atoms with Crippen LogP contribution < -0.4 is 4.90 Å². The van der Waals surface area contributed by atoms with Gasteiger partial charge < -0.3 is 9.32 Å².